The first-order chi connectivity index (χ1) is 13.3. The number of hydrogen-bond donors (Lipinski definition) is 0. The van der Waals surface area contributed by atoms with E-state index in [4.69, 9.17) is 4.74 Å². The molecule has 0 spiro atoms. The molecule has 1 aromatic carbocycles. The Morgan fingerprint density at radius 2 is 1.75 bits per heavy atom. The van der Waals surface area contributed by atoms with Crippen molar-refractivity contribution in [1.82, 2.24) is 24.1 Å². The van der Waals surface area contributed by atoms with Crippen molar-refractivity contribution in [2.45, 2.75) is 12.7 Å². The molecule has 0 saturated carbocycles. The number of alkyl halides is 3. The third-order valence-corrected chi connectivity index (χ3v) is 4.06. The van der Waals surface area contributed by atoms with Crippen LogP contribution in [-0.4, -0.2) is 31.3 Å². The average molecular weight is 391 g/mol. The highest BCUT2D eigenvalue weighted by atomic mass is 19.4. The molecule has 0 atom stereocenters. The van der Waals surface area contributed by atoms with Crippen LogP contribution in [0, 0.1) is 5.82 Å². The van der Waals surface area contributed by atoms with Crippen molar-refractivity contribution in [3.8, 4) is 17.3 Å². The Labute approximate surface area is 156 Å². The highest BCUT2D eigenvalue weighted by Gasteiger charge is 2.37. The monoisotopic (exact) mass is 391 g/mol. The molecule has 0 aliphatic heterocycles. The van der Waals surface area contributed by atoms with Gasteiger partial charge in [0.2, 0.25) is 0 Å². The molecule has 4 rings (SSSR count). The second-order valence-electron chi connectivity index (χ2n) is 6.00. The first-order valence-corrected chi connectivity index (χ1v) is 8.13. The van der Waals surface area contributed by atoms with E-state index in [1.807, 2.05) is 0 Å². The van der Waals surface area contributed by atoms with Gasteiger partial charge in [0.1, 0.15) is 22.9 Å². The van der Waals surface area contributed by atoms with E-state index in [2.05, 4.69) is 15.1 Å². The molecule has 0 fully saturated rings. The summed E-state index contributed by atoms with van der Waals surface area (Å²) in [5.74, 6) is -1.19. The fourth-order valence-corrected chi connectivity index (χ4v) is 2.74. The molecule has 0 radical (unpaired) electrons. The Morgan fingerprint density at radius 1 is 1.00 bits per heavy atom. The topological polar surface area (TPSA) is 57.2 Å². The van der Waals surface area contributed by atoms with Crippen LogP contribution in [0.25, 0.3) is 17.2 Å². The van der Waals surface area contributed by atoms with E-state index in [1.165, 1.54) is 36.0 Å². The number of imidazole rings is 1. The Kier molecular flexibility index (Phi) is 4.25. The van der Waals surface area contributed by atoms with Crippen LogP contribution >= 0.6 is 0 Å². The van der Waals surface area contributed by atoms with Gasteiger partial charge in [0.05, 0.1) is 13.7 Å². The zero-order valence-corrected chi connectivity index (χ0v) is 14.5. The third kappa shape index (κ3) is 3.40. The normalized spacial score (nSPS) is 11.9. The molecule has 0 unspecified atom stereocenters. The van der Waals surface area contributed by atoms with Gasteiger partial charge in [-0.1, -0.05) is 12.1 Å². The standard InChI is InChI=1S/C18H13F4N5O/c1-28-13-5-2-11(3-6-13)8-27-16(24-17(25-27)18(20,21)22)14-10-26-9-12(19)4-7-15(26)23-14/h2-7,9-10H,8H2,1H3. The van der Waals surface area contributed by atoms with Crippen molar-refractivity contribution in [2.24, 2.45) is 0 Å². The lowest BCUT2D eigenvalue weighted by Crippen LogP contribution is -2.09. The van der Waals surface area contributed by atoms with Gasteiger partial charge in [-0.25, -0.2) is 19.0 Å². The maximum atomic E-state index is 13.4. The molecule has 6 nitrogen and oxygen atoms in total. The fourth-order valence-electron chi connectivity index (χ4n) is 2.74. The maximum absolute atomic E-state index is 13.4. The highest BCUT2D eigenvalue weighted by molar-refractivity contribution is 5.56. The summed E-state index contributed by atoms with van der Waals surface area (Å²) in [7, 11) is 1.52. The summed E-state index contributed by atoms with van der Waals surface area (Å²) in [6.07, 6.45) is -2.11. The van der Waals surface area contributed by atoms with Gasteiger partial charge in [-0.05, 0) is 29.8 Å². The van der Waals surface area contributed by atoms with Crippen molar-refractivity contribution in [3.63, 3.8) is 0 Å². The van der Waals surface area contributed by atoms with Gasteiger partial charge in [-0.3, -0.25) is 0 Å². The number of benzene rings is 1. The molecular weight excluding hydrogens is 378 g/mol. The van der Waals surface area contributed by atoms with Gasteiger partial charge in [0.15, 0.2) is 5.82 Å². The van der Waals surface area contributed by atoms with Gasteiger partial charge in [0, 0.05) is 12.4 Å². The Bertz CT molecular complexity index is 1130. The van der Waals surface area contributed by atoms with Gasteiger partial charge < -0.3 is 9.14 Å². The van der Waals surface area contributed by atoms with Gasteiger partial charge in [0.25, 0.3) is 5.82 Å². The molecule has 144 valence electrons. The number of methoxy groups -OCH3 is 1. The molecule has 3 heterocycles. The summed E-state index contributed by atoms with van der Waals surface area (Å²) in [6.45, 7) is 0.0463. The molecule has 4 aromatic rings. The number of ether oxygens (including phenoxy) is 1. The SMILES string of the molecule is COc1ccc(Cn2nc(C(F)(F)F)nc2-c2cn3cc(F)ccc3n2)cc1. The predicted octanol–water partition coefficient (Wildman–Crippen LogP) is 3.81. The average Bonchev–Trinajstić information content (AvgIpc) is 3.25. The van der Waals surface area contributed by atoms with Crippen LogP contribution in [0.5, 0.6) is 5.75 Å². The van der Waals surface area contributed by atoms with Crippen molar-refractivity contribution >= 4 is 5.65 Å². The number of aromatic nitrogens is 5. The number of fused-ring (bicyclic) bond motifs is 1. The quantitative estimate of drug-likeness (QED) is 0.497. The van der Waals surface area contributed by atoms with Crippen LogP contribution in [0.15, 0.2) is 48.8 Å². The second-order valence-corrected chi connectivity index (χ2v) is 6.00. The summed E-state index contributed by atoms with van der Waals surface area (Å²) in [5, 5.41) is 3.61. The van der Waals surface area contributed by atoms with Gasteiger partial charge in [-0.2, -0.15) is 13.2 Å². The summed E-state index contributed by atoms with van der Waals surface area (Å²) in [5.41, 5.74) is 1.24. The van der Waals surface area contributed by atoms with E-state index in [1.54, 1.807) is 24.3 Å². The Hall–Kier alpha value is -3.43. The molecule has 0 aliphatic carbocycles. The molecule has 0 amide bonds. The van der Waals surface area contributed by atoms with E-state index in [0.717, 1.165) is 4.68 Å². The van der Waals surface area contributed by atoms with Crippen molar-refractivity contribution in [2.75, 3.05) is 7.11 Å². The van der Waals surface area contributed by atoms with Crippen LogP contribution in [0.1, 0.15) is 11.4 Å². The van der Waals surface area contributed by atoms with Crippen molar-refractivity contribution in [1.29, 1.82) is 0 Å². The highest BCUT2D eigenvalue weighted by Crippen LogP contribution is 2.29. The number of pyridine rings is 1. The van der Waals surface area contributed by atoms with Crippen LogP contribution in [-0.2, 0) is 12.7 Å². The van der Waals surface area contributed by atoms with E-state index in [-0.39, 0.29) is 18.1 Å². The molecule has 28 heavy (non-hydrogen) atoms. The van der Waals surface area contributed by atoms with Crippen molar-refractivity contribution in [3.05, 3.63) is 66.0 Å². The molecule has 10 heteroatoms. The summed E-state index contributed by atoms with van der Waals surface area (Å²) >= 11 is 0. The number of nitrogens with zero attached hydrogens (tertiary/aromatic N) is 5. The van der Waals surface area contributed by atoms with Crippen LogP contribution in [0.2, 0.25) is 0 Å². The predicted molar refractivity (Wildman–Crippen MR) is 91.3 cm³/mol. The number of halogens is 4. The summed E-state index contributed by atoms with van der Waals surface area (Å²) < 4.78 is 60.5. The Balaban J connectivity index is 1.78. The van der Waals surface area contributed by atoms with Gasteiger partial charge in [-0.15, -0.1) is 5.10 Å². The molecule has 0 saturated heterocycles. The van der Waals surface area contributed by atoms with Crippen molar-refractivity contribution < 1.29 is 22.3 Å². The third-order valence-electron chi connectivity index (χ3n) is 4.06. The largest absolute Gasteiger partial charge is 0.497 e. The van der Waals surface area contributed by atoms with E-state index < -0.39 is 17.8 Å². The number of rotatable bonds is 4. The van der Waals surface area contributed by atoms with Crippen LogP contribution < -0.4 is 4.74 Å². The van der Waals surface area contributed by atoms with E-state index >= 15 is 0 Å². The first kappa shape index (κ1) is 18.0. The summed E-state index contributed by atoms with van der Waals surface area (Å²) in [6, 6.07) is 9.48. The molecular formula is C18H13F4N5O. The van der Waals surface area contributed by atoms with E-state index in [9.17, 15) is 17.6 Å². The minimum Gasteiger partial charge on any atom is -0.497 e. The summed E-state index contributed by atoms with van der Waals surface area (Å²) in [4.78, 5) is 7.87. The van der Waals surface area contributed by atoms with Gasteiger partial charge >= 0.3 is 6.18 Å². The minimum atomic E-state index is -4.70. The fraction of sp³-hybridized carbons (Fsp3) is 0.167. The zero-order valence-electron chi connectivity index (χ0n) is 14.5. The lowest BCUT2D eigenvalue weighted by molar-refractivity contribution is -0.144. The smallest absolute Gasteiger partial charge is 0.453 e. The molecule has 0 N–H and O–H groups in total. The molecule has 0 bridgehead atoms. The zero-order chi connectivity index (χ0) is 19.9. The van der Waals surface area contributed by atoms with E-state index in [0.29, 0.717) is 17.0 Å². The second kappa shape index (κ2) is 6.63. The van der Waals surface area contributed by atoms with Crippen LogP contribution in [0.4, 0.5) is 17.6 Å². The lowest BCUT2D eigenvalue weighted by atomic mass is 10.2. The molecule has 3 aromatic heterocycles. The van der Waals surface area contributed by atoms with Crippen LogP contribution in [0.3, 0.4) is 0 Å². The lowest BCUT2D eigenvalue weighted by Gasteiger charge is -2.06. The number of hydrogen-bond acceptors (Lipinski definition) is 4. The maximum Gasteiger partial charge on any atom is 0.453 e. The Morgan fingerprint density at radius 3 is 2.43 bits per heavy atom. The first-order valence-electron chi connectivity index (χ1n) is 8.13. The minimum absolute atomic E-state index is 0.0463. The molecule has 0 aliphatic rings.